The van der Waals surface area contributed by atoms with Crippen molar-refractivity contribution in [2.24, 2.45) is 7.05 Å². The van der Waals surface area contributed by atoms with Crippen LogP contribution in [0.3, 0.4) is 0 Å². The fourth-order valence-corrected chi connectivity index (χ4v) is 2.19. The van der Waals surface area contributed by atoms with Gasteiger partial charge in [0.15, 0.2) is 0 Å². The Morgan fingerprint density at radius 1 is 1.62 bits per heavy atom. The maximum Gasteiger partial charge on any atom is 0.0666 e. The smallest absolute Gasteiger partial charge is 0.0666 e. The van der Waals surface area contributed by atoms with Crippen molar-refractivity contribution in [1.82, 2.24) is 15.1 Å². The van der Waals surface area contributed by atoms with Gasteiger partial charge in [0, 0.05) is 43.4 Å². The summed E-state index contributed by atoms with van der Waals surface area (Å²) in [6.45, 7) is 7.80. The van der Waals surface area contributed by atoms with E-state index in [9.17, 15) is 0 Å². The third kappa shape index (κ3) is 4.41. The van der Waals surface area contributed by atoms with Crippen LogP contribution in [0.2, 0.25) is 0 Å². The van der Waals surface area contributed by atoms with Gasteiger partial charge < -0.3 is 5.32 Å². The minimum absolute atomic E-state index is 0.922. The second-order valence-electron chi connectivity index (χ2n) is 3.67. The van der Waals surface area contributed by atoms with Crippen molar-refractivity contribution in [2.45, 2.75) is 19.9 Å². The summed E-state index contributed by atoms with van der Waals surface area (Å²) in [5.74, 6) is 2.17. The van der Waals surface area contributed by atoms with Gasteiger partial charge in [0.2, 0.25) is 0 Å². The summed E-state index contributed by atoms with van der Waals surface area (Å²) >= 11 is 1.90. The summed E-state index contributed by atoms with van der Waals surface area (Å²) in [4.78, 5) is 0. The summed E-state index contributed by atoms with van der Waals surface area (Å²) in [6, 6.07) is 0. The molecule has 1 aromatic heterocycles. The van der Waals surface area contributed by atoms with Crippen LogP contribution in [0.1, 0.15) is 18.2 Å². The molecule has 1 N–H and O–H groups in total. The second kappa shape index (κ2) is 7.52. The number of hydrogen-bond donors (Lipinski definition) is 1. The fraction of sp³-hybridized carbons (Fsp3) is 0.583. The minimum Gasteiger partial charge on any atom is -0.312 e. The molecule has 90 valence electrons. The first-order valence-corrected chi connectivity index (χ1v) is 6.84. The van der Waals surface area contributed by atoms with Crippen LogP contribution in [0.25, 0.3) is 0 Å². The number of hydrogen-bond acceptors (Lipinski definition) is 3. The van der Waals surface area contributed by atoms with Gasteiger partial charge in [0.25, 0.3) is 0 Å². The number of aryl methyl sites for hydroxylation is 2. The van der Waals surface area contributed by atoms with E-state index in [1.165, 1.54) is 11.3 Å². The SMILES string of the molecule is C=CCSCCNCc1cn(C)nc1CC. The van der Waals surface area contributed by atoms with Crippen LogP contribution in [0.4, 0.5) is 0 Å². The molecule has 0 radical (unpaired) electrons. The molecule has 0 aliphatic rings. The van der Waals surface area contributed by atoms with Crippen molar-refractivity contribution < 1.29 is 0 Å². The Labute approximate surface area is 102 Å². The summed E-state index contributed by atoms with van der Waals surface area (Å²) in [6.07, 6.45) is 5.05. The molecule has 1 aromatic rings. The van der Waals surface area contributed by atoms with Crippen LogP contribution >= 0.6 is 11.8 Å². The Kier molecular flexibility index (Phi) is 6.26. The zero-order valence-electron chi connectivity index (χ0n) is 10.2. The van der Waals surface area contributed by atoms with E-state index in [2.05, 4.69) is 30.1 Å². The molecule has 0 fully saturated rings. The standard InChI is InChI=1S/C12H21N3S/c1-4-7-16-8-6-13-9-11-10-15(3)14-12(11)5-2/h4,10,13H,1,5-9H2,2-3H3. The predicted molar refractivity (Wildman–Crippen MR) is 71.8 cm³/mol. The van der Waals surface area contributed by atoms with Gasteiger partial charge in [0.1, 0.15) is 0 Å². The molecule has 0 aliphatic carbocycles. The molecule has 0 saturated carbocycles. The quantitative estimate of drug-likeness (QED) is 0.556. The van der Waals surface area contributed by atoms with Crippen molar-refractivity contribution in [3.8, 4) is 0 Å². The molecular formula is C12H21N3S. The van der Waals surface area contributed by atoms with Gasteiger partial charge in [-0.2, -0.15) is 16.9 Å². The van der Waals surface area contributed by atoms with Gasteiger partial charge in [0.05, 0.1) is 5.69 Å². The van der Waals surface area contributed by atoms with Crippen molar-refractivity contribution in [3.05, 3.63) is 30.1 Å². The largest absolute Gasteiger partial charge is 0.312 e. The highest BCUT2D eigenvalue weighted by Gasteiger charge is 2.04. The number of thioether (sulfide) groups is 1. The van der Waals surface area contributed by atoms with Crippen molar-refractivity contribution in [1.29, 1.82) is 0 Å². The molecule has 0 aromatic carbocycles. The second-order valence-corrected chi connectivity index (χ2v) is 4.82. The highest BCUT2D eigenvalue weighted by atomic mass is 32.2. The molecular weight excluding hydrogens is 218 g/mol. The molecule has 0 aliphatic heterocycles. The Bertz CT molecular complexity index is 320. The third-order valence-corrected chi connectivity index (χ3v) is 3.27. The summed E-state index contributed by atoms with van der Waals surface area (Å²) in [7, 11) is 1.97. The van der Waals surface area contributed by atoms with Crippen LogP contribution in [-0.2, 0) is 20.0 Å². The number of nitrogens with zero attached hydrogens (tertiary/aromatic N) is 2. The van der Waals surface area contributed by atoms with Crippen LogP contribution in [0, 0.1) is 0 Å². The van der Waals surface area contributed by atoms with Gasteiger partial charge in [-0.25, -0.2) is 0 Å². The van der Waals surface area contributed by atoms with Gasteiger partial charge in [-0.15, -0.1) is 6.58 Å². The number of aromatic nitrogens is 2. The van der Waals surface area contributed by atoms with E-state index >= 15 is 0 Å². The molecule has 16 heavy (non-hydrogen) atoms. The molecule has 1 rings (SSSR count). The monoisotopic (exact) mass is 239 g/mol. The molecule has 4 heteroatoms. The van der Waals surface area contributed by atoms with E-state index in [0.717, 1.165) is 31.0 Å². The normalized spacial score (nSPS) is 10.6. The summed E-state index contributed by atoms with van der Waals surface area (Å²) in [5.41, 5.74) is 2.52. The van der Waals surface area contributed by atoms with Crippen molar-refractivity contribution in [2.75, 3.05) is 18.1 Å². The molecule has 3 nitrogen and oxygen atoms in total. The first kappa shape index (κ1) is 13.3. The van der Waals surface area contributed by atoms with Crippen LogP contribution in [0.5, 0.6) is 0 Å². The van der Waals surface area contributed by atoms with Gasteiger partial charge in [-0.3, -0.25) is 4.68 Å². The predicted octanol–water partition coefficient (Wildman–Crippen LogP) is 1.99. The van der Waals surface area contributed by atoms with E-state index in [4.69, 9.17) is 0 Å². The number of nitrogens with one attached hydrogen (secondary N) is 1. The molecule has 0 spiro atoms. The Hall–Kier alpha value is -0.740. The van der Waals surface area contributed by atoms with Gasteiger partial charge in [-0.05, 0) is 6.42 Å². The maximum atomic E-state index is 4.42. The zero-order valence-corrected chi connectivity index (χ0v) is 11.0. The molecule has 0 amide bonds. The Balaban J connectivity index is 2.23. The summed E-state index contributed by atoms with van der Waals surface area (Å²) < 4.78 is 1.89. The fourth-order valence-electron chi connectivity index (χ4n) is 1.56. The Morgan fingerprint density at radius 3 is 3.12 bits per heavy atom. The van der Waals surface area contributed by atoms with E-state index in [1.54, 1.807) is 0 Å². The first-order chi connectivity index (χ1) is 7.77. The first-order valence-electron chi connectivity index (χ1n) is 5.68. The van der Waals surface area contributed by atoms with Crippen molar-refractivity contribution >= 4 is 11.8 Å². The third-order valence-electron chi connectivity index (χ3n) is 2.30. The topological polar surface area (TPSA) is 29.9 Å². The highest BCUT2D eigenvalue weighted by molar-refractivity contribution is 7.99. The average Bonchev–Trinajstić information content (AvgIpc) is 2.64. The Morgan fingerprint density at radius 2 is 2.44 bits per heavy atom. The van der Waals surface area contributed by atoms with E-state index in [0.29, 0.717) is 0 Å². The lowest BCUT2D eigenvalue weighted by molar-refractivity contribution is 0.725. The molecule has 0 unspecified atom stereocenters. The summed E-state index contributed by atoms with van der Waals surface area (Å²) in [5, 5.41) is 7.86. The molecule has 0 saturated heterocycles. The van der Waals surface area contributed by atoms with Crippen LogP contribution in [-0.4, -0.2) is 27.8 Å². The minimum atomic E-state index is 0.922. The van der Waals surface area contributed by atoms with E-state index in [1.807, 2.05) is 29.6 Å². The van der Waals surface area contributed by atoms with Crippen molar-refractivity contribution in [3.63, 3.8) is 0 Å². The maximum absolute atomic E-state index is 4.42. The lowest BCUT2D eigenvalue weighted by Crippen LogP contribution is -2.17. The molecule has 0 atom stereocenters. The number of rotatable bonds is 8. The lowest BCUT2D eigenvalue weighted by atomic mass is 10.2. The van der Waals surface area contributed by atoms with E-state index < -0.39 is 0 Å². The average molecular weight is 239 g/mol. The van der Waals surface area contributed by atoms with E-state index in [-0.39, 0.29) is 0 Å². The zero-order chi connectivity index (χ0) is 11.8. The van der Waals surface area contributed by atoms with Gasteiger partial charge in [-0.1, -0.05) is 13.0 Å². The lowest BCUT2D eigenvalue weighted by Gasteiger charge is -2.03. The highest BCUT2D eigenvalue weighted by Crippen LogP contribution is 2.06. The molecule has 0 bridgehead atoms. The van der Waals surface area contributed by atoms with Gasteiger partial charge >= 0.3 is 0 Å². The van der Waals surface area contributed by atoms with Crippen LogP contribution in [0.15, 0.2) is 18.9 Å². The molecule has 1 heterocycles. The van der Waals surface area contributed by atoms with Crippen LogP contribution < -0.4 is 5.32 Å².